The molecule has 1 heterocycles. The fourth-order valence-corrected chi connectivity index (χ4v) is 4.19. The van der Waals surface area contributed by atoms with Crippen LogP contribution >= 0.6 is 15.9 Å². The van der Waals surface area contributed by atoms with Crippen molar-refractivity contribution in [3.05, 3.63) is 64.1 Å². The van der Waals surface area contributed by atoms with E-state index < -0.39 is 5.60 Å². The Balaban J connectivity index is 1.48. The van der Waals surface area contributed by atoms with Gasteiger partial charge in [-0.2, -0.15) is 0 Å². The SMILES string of the molecule is CC1CN(C(=O)OC(C)(C)C)CCN1CCc1ccc(OCc2ccccc2)c(Br)c1. The van der Waals surface area contributed by atoms with E-state index in [1.807, 2.05) is 49.9 Å². The van der Waals surface area contributed by atoms with Crippen LogP contribution in [0.2, 0.25) is 0 Å². The van der Waals surface area contributed by atoms with Crippen molar-refractivity contribution in [3.8, 4) is 5.75 Å². The summed E-state index contributed by atoms with van der Waals surface area (Å²) in [7, 11) is 0. The standard InChI is InChI=1S/C25H33BrN2O3/c1-19-17-28(24(29)31-25(2,3)4)15-14-27(19)13-12-20-10-11-23(22(26)16-20)30-18-21-8-6-5-7-9-21/h5-11,16,19H,12-15,17-18H2,1-4H3. The zero-order valence-corrected chi connectivity index (χ0v) is 20.5. The normalized spacial score (nSPS) is 17.5. The first-order chi connectivity index (χ1) is 14.7. The van der Waals surface area contributed by atoms with Gasteiger partial charge < -0.3 is 14.4 Å². The van der Waals surface area contributed by atoms with Crippen LogP contribution in [0.1, 0.15) is 38.8 Å². The maximum absolute atomic E-state index is 12.3. The quantitative estimate of drug-likeness (QED) is 0.537. The highest BCUT2D eigenvalue weighted by Gasteiger charge is 2.29. The lowest BCUT2D eigenvalue weighted by atomic mass is 10.1. The van der Waals surface area contributed by atoms with Crippen LogP contribution in [0, 0.1) is 0 Å². The molecule has 1 aliphatic rings. The van der Waals surface area contributed by atoms with Gasteiger partial charge in [-0.05, 0) is 73.3 Å². The molecular weight excluding hydrogens is 456 g/mol. The highest BCUT2D eigenvalue weighted by Crippen LogP contribution is 2.27. The molecule has 2 aromatic carbocycles. The second-order valence-corrected chi connectivity index (χ2v) is 9.95. The maximum Gasteiger partial charge on any atom is 0.410 e. The van der Waals surface area contributed by atoms with Crippen LogP contribution in [0.25, 0.3) is 0 Å². The lowest BCUT2D eigenvalue weighted by Crippen LogP contribution is -2.54. The van der Waals surface area contributed by atoms with Crippen molar-refractivity contribution in [3.63, 3.8) is 0 Å². The number of benzene rings is 2. The van der Waals surface area contributed by atoms with Gasteiger partial charge >= 0.3 is 6.09 Å². The van der Waals surface area contributed by atoms with E-state index >= 15 is 0 Å². The largest absolute Gasteiger partial charge is 0.488 e. The zero-order valence-electron chi connectivity index (χ0n) is 18.9. The molecule has 1 atom stereocenters. The number of amides is 1. The molecule has 1 aliphatic heterocycles. The van der Waals surface area contributed by atoms with E-state index in [9.17, 15) is 4.79 Å². The smallest absolute Gasteiger partial charge is 0.410 e. The fourth-order valence-electron chi connectivity index (χ4n) is 3.64. The number of hydrogen-bond acceptors (Lipinski definition) is 4. The first-order valence-electron chi connectivity index (χ1n) is 10.9. The number of piperazine rings is 1. The Morgan fingerprint density at radius 3 is 2.48 bits per heavy atom. The third-order valence-corrected chi connectivity index (χ3v) is 5.96. The fraction of sp³-hybridized carbons (Fsp3) is 0.480. The van der Waals surface area contributed by atoms with Crippen LogP contribution < -0.4 is 4.74 Å². The van der Waals surface area contributed by atoms with E-state index in [0.717, 1.165) is 35.3 Å². The molecule has 168 valence electrons. The molecule has 3 rings (SSSR count). The average Bonchev–Trinajstić information content (AvgIpc) is 2.71. The van der Waals surface area contributed by atoms with Gasteiger partial charge in [0, 0.05) is 32.2 Å². The van der Waals surface area contributed by atoms with Gasteiger partial charge in [0.15, 0.2) is 0 Å². The summed E-state index contributed by atoms with van der Waals surface area (Å²) in [6, 6.07) is 16.8. The predicted molar refractivity (Wildman–Crippen MR) is 127 cm³/mol. The van der Waals surface area contributed by atoms with Crippen molar-refractivity contribution in [1.82, 2.24) is 9.80 Å². The first-order valence-corrected chi connectivity index (χ1v) is 11.7. The van der Waals surface area contributed by atoms with E-state index in [2.05, 4.69) is 52.0 Å². The minimum absolute atomic E-state index is 0.214. The first kappa shape index (κ1) is 23.6. The van der Waals surface area contributed by atoms with Gasteiger partial charge in [-0.3, -0.25) is 4.90 Å². The molecule has 0 aromatic heterocycles. The second-order valence-electron chi connectivity index (χ2n) is 9.10. The number of carbonyl (C=O) groups excluding carboxylic acids is 1. The third-order valence-electron chi connectivity index (χ3n) is 5.34. The average molecular weight is 489 g/mol. The Morgan fingerprint density at radius 1 is 1.10 bits per heavy atom. The lowest BCUT2D eigenvalue weighted by molar-refractivity contribution is 0.00598. The van der Waals surface area contributed by atoms with Crippen LogP contribution in [0.3, 0.4) is 0 Å². The monoisotopic (exact) mass is 488 g/mol. The lowest BCUT2D eigenvalue weighted by Gasteiger charge is -2.40. The maximum atomic E-state index is 12.3. The number of ether oxygens (including phenoxy) is 2. The van der Waals surface area contributed by atoms with Crippen molar-refractivity contribution in [2.75, 3.05) is 26.2 Å². The molecule has 1 amide bonds. The molecule has 0 radical (unpaired) electrons. The number of carbonyl (C=O) groups is 1. The third kappa shape index (κ3) is 7.25. The van der Waals surface area contributed by atoms with Crippen molar-refractivity contribution in [2.24, 2.45) is 0 Å². The molecule has 0 N–H and O–H groups in total. The number of hydrogen-bond donors (Lipinski definition) is 0. The van der Waals surface area contributed by atoms with Gasteiger partial charge in [-0.25, -0.2) is 4.79 Å². The van der Waals surface area contributed by atoms with Crippen LogP contribution in [-0.2, 0) is 17.8 Å². The molecular formula is C25H33BrN2O3. The van der Waals surface area contributed by atoms with Crippen LogP contribution in [0.4, 0.5) is 4.79 Å². The highest BCUT2D eigenvalue weighted by molar-refractivity contribution is 9.10. The molecule has 6 heteroatoms. The van der Waals surface area contributed by atoms with Gasteiger partial charge in [-0.15, -0.1) is 0 Å². The van der Waals surface area contributed by atoms with E-state index in [1.54, 1.807) is 0 Å². The van der Waals surface area contributed by atoms with Crippen molar-refractivity contribution in [1.29, 1.82) is 0 Å². The molecule has 2 aromatic rings. The molecule has 0 bridgehead atoms. The summed E-state index contributed by atoms with van der Waals surface area (Å²) >= 11 is 3.65. The van der Waals surface area contributed by atoms with Crippen molar-refractivity contribution >= 4 is 22.0 Å². The van der Waals surface area contributed by atoms with E-state index in [0.29, 0.717) is 25.7 Å². The number of rotatable bonds is 6. The van der Waals surface area contributed by atoms with E-state index in [-0.39, 0.29) is 6.09 Å². The van der Waals surface area contributed by atoms with Gasteiger partial charge in [0.05, 0.1) is 4.47 Å². The van der Waals surface area contributed by atoms with Gasteiger partial charge in [0.25, 0.3) is 0 Å². The Hall–Kier alpha value is -2.05. The molecule has 0 spiro atoms. The summed E-state index contributed by atoms with van der Waals surface area (Å²) in [4.78, 5) is 16.6. The summed E-state index contributed by atoms with van der Waals surface area (Å²) in [6.07, 6.45) is 0.739. The van der Waals surface area contributed by atoms with Crippen molar-refractivity contribution in [2.45, 2.75) is 52.4 Å². The van der Waals surface area contributed by atoms with Crippen molar-refractivity contribution < 1.29 is 14.3 Å². The molecule has 1 fully saturated rings. The summed E-state index contributed by atoms with van der Waals surface area (Å²) in [5.41, 5.74) is 1.96. The Kier molecular flexibility index (Phi) is 8.00. The zero-order chi connectivity index (χ0) is 22.4. The summed E-state index contributed by atoms with van der Waals surface area (Å²) in [5.74, 6) is 0.854. The Labute approximate surface area is 194 Å². The van der Waals surface area contributed by atoms with Crippen LogP contribution in [0.15, 0.2) is 53.0 Å². The van der Waals surface area contributed by atoms with E-state index in [1.165, 1.54) is 5.56 Å². The Morgan fingerprint density at radius 2 is 1.84 bits per heavy atom. The predicted octanol–water partition coefficient (Wildman–Crippen LogP) is 5.51. The van der Waals surface area contributed by atoms with Crippen LogP contribution in [0.5, 0.6) is 5.75 Å². The molecule has 5 nitrogen and oxygen atoms in total. The number of nitrogens with zero attached hydrogens (tertiary/aromatic N) is 2. The molecule has 1 saturated heterocycles. The minimum Gasteiger partial charge on any atom is -0.488 e. The molecule has 1 unspecified atom stereocenters. The Bertz CT molecular complexity index is 867. The second kappa shape index (κ2) is 10.5. The topological polar surface area (TPSA) is 42.0 Å². The van der Waals surface area contributed by atoms with Gasteiger partial charge in [-0.1, -0.05) is 36.4 Å². The minimum atomic E-state index is -0.457. The summed E-state index contributed by atoms with van der Waals surface area (Å²) in [5, 5.41) is 0. The molecule has 31 heavy (non-hydrogen) atoms. The molecule has 0 aliphatic carbocycles. The molecule has 0 saturated carbocycles. The summed E-state index contributed by atoms with van der Waals surface area (Å²) in [6.45, 7) is 11.7. The van der Waals surface area contributed by atoms with Gasteiger partial charge in [0.1, 0.15) is 18.0 Å². The summed E-state index contributed by atoms with van der Waals surface area (Å²) < 4.78 is 12.4. The highest BCUT2D eigenvalue weighted by atomic mass is 79.9. The van der Waals surface area contributed by atoms with Crippen LogP contribution in [-0.4, -0.2) is 53.7 Å². The van der Waals surface area contributed by atoms with E-state index in [4.69, 9.17) is 9.47 Å². The number of halogens is 1. The van der Waals surface area contributed by atoms with Gasteiger partial charge in [0.2, 0.25) is 0 Å².